The normalized spacial score (nSPS) is 12.2. The van der Waals surface area contributed by atoms with Crippen LogP contribution in [0.3, 0.4) is 0 Å². The molecule has 0 aliphatic heterocycles. The van der Waals surface area contributed by atoms with E-state index in [0.717, 1.165) is 19.4 Å². The van der Waals surface area contributed by atoms with Gasteiger partial charge in [0.05, 0.1) is 11.5 Å². The highest BCUT2D eigenvalue weighted by Crippen LogP contribution is 2.20. The lowest BCUT2D eigenvalue weighted by Gasteiger charge is -2.22. The minimum absolute atomic E-state index is 0.155. The zero-order chi connectivity index (χ0) is 10.5. The Morgan fingerprint density at radius 3 is 2.31 bits per heavy atom. The summed E-state index contributed by atoms with van der Waals surface area (Å²) in [4.78, 5) is 2.31. The molecule has 0 saturated heterocycles. The van der Waals surface area contributed by atoms with Gasteiger partial charge in [-0.2, -0.15) is 5.26 Å². The van der Waals surface area contributed by atoms with Gasteiger partial charge in [-0.05, 0) is 54.1 Å². The molecule has 0 aromatic heterocycles. The minimum Gasteiger partial charge on any atom is -0.304 e. The number of rotatable bonds is 5. The van der Waals surface area contributed by atoms with Crippen LogP contribution in [0.5, 0.6) is 0 Å². The fraction of sp³-hybridized carbons (Fsp3) is 0.909. The van der Waals surface area contributed by atoms with Crippen molar-refractivity contribution in [3.05, 3.63) is 0 Å². The third-order valence-electron chi connectivity index (χ3n) is 2.50. The zero-order valence-corrected chi connectivity index (χ0v) is 9.59. The quantitative estimate of drug-likeness (QED) is 0.653. The van der Waals surface area contributed by atoms with Gasteiger partial charge in [0, 0.05) is 6.04 Å². The van der Waals surface area contributed by atoms with Crippen LogP contribution in [0.2, 0.25) is 0 Å². The number of nitriles is 1. The molecule has 0 bridgehead atoms. The molecule has 0 aliphatic carbocycles. The first kappa shape index (κ1) is 12.4. The van der Waals surface area contributed by atoms with E-state index >= 15 is 0 Å². The van der Waals surface area contributed by atoms with Crippen LogP contribution in [-0.2, 0) is 0 Å². The standard InChI is InChI=1S/C11H22N2/c1-10(2)13(5)8-6-7-11(3,4)9-12/h10H,6-8H2,1-5H3. The molecule has 0 saturated carbocycles. The fourth-order valence-corrected chi connectivity index (χ4v) is 1.08. The van der Waals surface area contributed by atoms with Crippen LogP contribution in [0.1, 0.15) is 40.5 Å². The molecule has 0 aromatic carbocycles. The van der Waals surface area contributed by atoms with Crippen molar-refractivity contribution in [1.29, 1.82) is 5.26 Å². The van der Waals surface area contributed by atoms with Crippen LogP contribution >= 0.6 is 0 Å². The molecule has 2 heteroatoms. The smallest absolute Gasteiger partial charge is 0.0683 e. The Kier molecular flexibility index (Phi) is 5.02. The van der Waals surface area contributed by atoms with E-state index in [1.807, 2.05) is 13.8 Å². The Labute approximate surface area is 82.5 Å². The van der Waals surface area contributed by atoms with Gasteiger partial charge in [0.25, 0.3) is 0 Å². The Balaban J connectivity index is 3.64. The SMILES string of the molecule is CC(C)N(C)CCCC(C)(C)C#N. The van der Waals surface area contributed by atoms with Crippen molar-refractivity contribution < 1.29 is 0 Å². The monoisotopic (exact) mass is 182 g/mol. The summed E-state index contributed by atoms with van der Waals surface area (Å²) in [7, 11) is 2.13. The molecule has 0 N–H and O–H groups in total. The molecule has 76 valence electrons. The van der Waals surface area contributed by atoms with Crippen molar-refractivity contribution in [2.75, 3.05) is 13.6 Å². The van der Waals surface area contributed by atoms with Crippen LogP contribution in [0.4, 0.5) is 0 Å². The van der Waals surface area contributed by atoms with E-state index in [2.05, 4.69) is 31.9 Å². The Hall–Kier alpha value is -0.550. The maximum Gasteiger partial charge on any atom is 0.0683 e. The van der Waals surface area contributed by atoms with Gasteiger partial charge in [0.1, 0.15) is 0 Å². The number of hydrogen-bond donors (Lipinski definition) is 0. The molecular formula is C11H22N2. The summed E-state index contributed by atoms with van der Waals surface area (Å²) in [6.45, 7) is 9.47. The molecule has 0 radical (unpaired) electrons. The first-order valence-corrected chi connectivity index (χ1v) is 5.00. The van der Waals surface area contributed by atoms with Crippen molar-refractivity contribution in [1.82, 2.24) is 4.90 Å². The van der Waals surface area contributed by atoms with Crippen LogP contribution < -0.4 is 0 Å². The van der Waals surface area contributed by atoms with Crippen LogP contribution in [0.15, 0.2) is 0 Å². The Morgan fingerprint density at radius 1 is 1.38 bits per heavy atom. The van der Waals surface area contributed by atoms with Crippen molar-refractivity contribution in [2.24, 2.45) is 5.41 Å². The maximum absolute atomic E-state index is 8.80. The average molecular weight is 182 g/mol. The second-order valence-corrected chi connectivity index (χ2v) is 4.67. The second kappa shape index (κ2) is 5.24. The van der Waals surface area contributed by atoms with Gasteiger partial charge in [-0.15, -0.1) is 0 Å². The van der Waals surface area contributed by atoms with Crippen molar-refractivity contribution in [3.63, 3.8) is 0 Å². The van der Waals surface area contributed by atoms with Gasteiger partial charge in [0.2, 0.25) is 0 Å². The van der Waals surface area contributed by atoms with Gasteiger partial charge >= 0.3 is 0 Å². The summed E-state index contributed by atoms with van der Waals surface area (Å²) in [5.74, 6) is 0. The fourth-order valence-electron chi connectivity index (χ4n) is 1.08. The van der Waals surface area contributed by atoms with Gasteiger partial charge in [0.15, 0.2) is 0 Å². The summed E-state index contributed by atoms with van der Waals surface area (Å²) in [6.07, 6.45) is 2.09. The molecular weight excluding hydrogens is 160 g/mol. The van der Waals surface area contributed by atoms with Crippen molar-refractivity contribution >= 4 is 0 Å². The summed E-state index contributed by atoms with van der Waals surface area (Å²) >= 11 is 0. The molecule has 0 heterocycles. The maximum atomic E-state index is 8.80. The lowest BCUT2D eigenvalue weighted by Crippen LogP contribution is -2.28. The molecule has 0 amide bonds. The molecule has 0 fully saturated rings. The Morgan fingerprint density at radius 2 is 1.92 bits per heavy atom. The Bertz CT molecular complexity index is 177. The molecule has 0 atom stereocenters. The highest BCUT2D eigenvalue weighted by atomic mass is 15.1. The summed E-state index contributed by atoms with van der Waals surface area (Å²) in [5, 5.41) is 8.80. The number of hydrogen-bond acceptors (Lipinski definition) is 2. The molecule has 13 heavy (non-hydrogen) atoms. The van der Waals surface area contributed by atoms with E-state index in [0.29, 0.717) is 6.04 Å². The van der Waals surface area contributed by atoms with E-state index in [-0.39, 0.29) is 5.41 Å². The molecule has 0 aromatic rings. The molecule has 0 aliphatic rings. The summed E-state index contributed by atoms with van der Waals surface area (Å²) < 4.78 is 0. The van der Waals surface area contributed by atoms with Gasteiger partial charge in [-0.25, -0.2) is 0 Å². The van der Waals surface area contributed by atoms with E-state index in [1.54, 1.807) is 0 Å². The van der Waals surface area contributed by atoms with Crippen molar-refractivity contribution in [3.8, 4) is 6.07 Å². The first-order valence-electron chi connectivity index (χ1n) is 5.00. The number of nitrogens with zero attached hydrogens (tertiary/aromatic N) is 2. The van der Waals surface area contributed by atoms with Crippen LogP contribution in [0.25, 0.3) is 0 Å². The highest BCUT2D eigenvalue weighted by Gasteiger charge is 2.16. The third kappa shape index (κ3) is 5.65. The second-order valence-electron chi connectivity index (χ2n) is 4.67. The van der Waals surface area contributed by atoms with Gasteiger partial charge in [-0.1, -0.05) is 0 Å². The third-order valence-corrected chi connectivity index (χ3v) is 2.50. The van der Waals surface area contributed by atoms with E-state index < -0.39 is 0 Å². The minimum atomic E-state index is -0.155. The summed E-state index contributed by atoms with van der Waals surface area (Å²) in [5.41, 5.74) is -0.155. The lowest BCUT2D eigenvalue weighted by atomic mass is 9.90. The largest absolute Gasteiger partial charge is 0.304 e. The molecule has 0 rings (SSSR count). The first-order chi connectivity index (χ1) is 5.89. The average Bonchev–Trinajstić information content (AvgIpc) is 2.04. The lowest BCUT2D eigenvalue weighted by molar-refractivity contribution is 0.256. The van der Waals surface area contributed by atoms with Crippen LogP contribution in [0, 0.1) is 16.7 Å². The predicted molar refractivity (Wildman–Crippen MR) is 56.4 cm³/mol. The van der Waals surface area contributed by atoms with E-state index in [1.165, 1.54) is 0 Å². The zero-order valence-electron chi connectivity index (χ0n) is 9.59. The topological polar surface area (TPSA) is 27.0 Å². The van der Waals surface area contributed by atoms with E-state index in [9.17, 15) is 0 Å². The van der Waals surface area contributed by atoms with Crippen molar-refractivity contribution in [2.45, 2.75) is 46.6 Å². The van der Waals surface area contributed by atoms with Gasteiger partial charge < -0.3 is 4.90 Å². The molecule has 2 nitrogen and oxygen atoms in total. The van der Waals surface area contributed by atoms with E-state index in [4.69, 9.17) is 5.26 Å². The predicted octanol–water partition coefficient (Wildman–Crippen LogP) is 2.66. The van der Waals surface area contributed by atoms with Crippen LogP contribution in [-0.4, -0.2) is 24.5 Å². The molecule has 0 spiro atoms. The molecule has 0 unspecified atom stereocenters. The highest BCUT2D eigenvalue weighted by molar-refractivity contribution is 4.91. The summed E-state index contributed by atoms with van der Waals surface area (Å²) in [6, 6.07) is 2.93. The van der Waals surface area contributed by atoms with Gasteiger partial charge in [-0.3, -0.25) is 0 Å².